The minimum Gasteiger partial charge on any atom is -0.394 e. The van der Waals surface area contributed by atoms with Crippen LogP contribution in [-0.2, 0) is 56.8 Å². The maximum atomic E-state index is 11.9. The Labute approximate surface area is 421 Å². The van der Waals surface area contributed by atoms with Crippen molar-refractivity contribution in [2.24, 2.45) is 0 Å². The smallest absolute Gasteiger partial charge is 0.187 e. The van der Waals surface area contributed by atoms with Gasteiger partial charge >= 0.3 is 0 Å². The molecule has 6 heterocycles. The van der Waals surface area contributed by atoms with Crippen LogP contribution < -0.4 is 0 Å². The fourth-order valence-corrected chi connectivity index (χ4v) is 9.36. The van der Waals surface area contributed by atoms with Gasteiger partial charge in [-0.2, -0.15) is 12.6 Å². The molecular formula is C41H72O31S. The van der Waals surface area contributed by atoms with Crippen LogP contribution >= 0.6 is 12.6 Å². The summed E-state index contributed by atoms with van der Waals surface area (Å²) in [5, 5.41) is 204. The zero-order valence-electron chi connectivity index (χ0n) is 38.9. The maximum absolute atomic E-state index is 11.9. The summed E-state index contributed by atoms with van der Waals surface area (Å²) >= 11 is 4.18. The van der Waals surface area contributed by atoms with Crippen LogP contribution in [0.3, 0.4) is 0 Å². The first-order valence-electron chi connectivity index (χ1n) is 23.7. The summed E-state index contributed by atoms with van der Waals surface area (Å²) < 4.78 is 69.3. The Morgan fingerprint density at radius 2 is 0.562 bits per heavy atom. The lowest BCUT2D eigenvalue weighted by molar-refractivity contribution is -0.412. The molecule has 12 unspecified atom stereocenters. The van der Waals surface area contributed by atoms with Crippen LogP contribution in [0.4, 0.5) is 0 Å². The van der Waals surface area contributed by atoms with Crippen LogP contribution in [0, 0.1) is 0 Å². The maximum Gasteiger partial charge on any atom is 0.187 e. The van der Waals surface area contributed by atoms with Gasteiger partial charge in [-0.15, -0.1) is 0 Å². The molecule has 428 valence electrons. The molecule has 0 radical (unpaired) electrons. The molecule has 6 rings (SSSR count). The first-order chi connectivity index (χ1) is 34.8. The van der Waals surface area contributed by atoms with E-state index in [9.17, 15) is 97.0 Å². The molecule has 19 N–H and O–H groups in total. The van der Waals surface area contributed by atoms with Crippen molar-refractivity contribution in [2.45, 2.75) is 203 Å². The summed E-state index contributed by atoms with van der Waals surface area (Å²) in [6.45, 7) is -5.67. The molecule has 30 atom stereocenters. The van der Waals surface area contributed by atoms with E-state index in [4.69, 9.17) is 56.8 Å². The van der Waals surface area contributed by atoms with Crippen LogP contribution in [0.2, 0.25) is 0 Å². The van der Waals surface area contributed by atoms with Gasteiger partial charge in [0, 0.05) is 6.61 Å². The fraction of sp³-hybridized carbons (Fsp3) is 1.00. The third kappa shape index (κ3) is 13.6. The van der Waals surface area contributed by atoms with Gasteiger partial charge in [-0.05, 0) is 18.6 Å². The van der Waals surface area contributed by atoms with Crippen molar-refractivity contribution in [1.29, 1.82) is 0 Å². The summed E-state index contributed by atoms with van der Waals surface area (Å²) in [5.41, 5.74) is 0. The zero-order valence-corrected chi connectivity index (χ0v) is 39.8. The Kier molecular flexibility index (Phi) is 23.4. The molecule has 6 fully saturated rings. The van der Waals surface area contributed by atoms with Crippen LogP contribution in [0.25, 0.3) is 0 Å². The standard InChI is InChI=1S/C41H72O31S/c42-6-12-18(48)24(54)29(59)36(62-12)69-33-26(56)20(50)16(10-46)67-41(33)72-35-28(58)22(52)14(8-44)65-39(35)68-31-23(53)17(11-47)63-37(30(31)60)70-34-27(57)21(51)15(9-45)66-40(34)71-32-25(55)19(49)13(7-43)64-38(32)61-4-2-1-3-5-73/h12-60,73H,1-11H2/t12?,13?,14?,15?,16?,17?,18-,19-,20-,21-,22-,23-,24+,25+,26+,27+,28+,29?,30?,31+,32?,33?,34?,35?,36+,37+,38+,39-,40-,41-/m1/s1. The van der Waals surface area contributed by atoms with Gasteiger partial charge in [-0.3, -0.25) is 0 Å². The highest BCUT2D eigenvalue weighted by molar-refractivity contribution is 7.80. The zero-order chi connectivity index (χ0) is 53.6. The molecule has 0 aliphatic carbocycles. The average Bonchev–Trinajstić information content (AvgIpc) is 3.38. The number of rotatable bonds is 22. The lowest BCUT2D eigenvalue weighted by Crippen LogP contribution is -2.69. The predicted molar refractivity (Wildman–Crippen MR) is 231 cm³/mol. The molecule has 0 aromatic rings. The molecule has 6 saturated heterocycles. The van der Waals surface area contributed by atoms with Crippen molar-refractivity contribution < 1.29 is 154 Å². The molecule has 0 aromatic carbocycles. The van der Waals surface area contributed by atoms with Crippen LogP contribution in [-0.4, -0.2) is 333 Å². The molecule has 31 nitrogen and oxygen atoms in total. The minimum absolute atomic E-state index is 0.0176. The molecule has 0 spiro atoms. The van der Waals surface area contributed by atoms with Crippen LogP contribution in [0.5, 0.6) is 0 Å². The van der Waals surface area contributed by atoms with Gasteiger partial charge in [0.15, 0.2) is 37.7 Å². The van der Waals surface area contributed by atoms with E-state index in [0.29, 0.717) is 18.6 Å². The molecule has 0 amide bonds. The van der Waals surface area contributed by atoms with Crippen molar-refractivity contribution >= 4 is 12.6 Å². The lowest BCUT2D eigenvalue weighted by atomic mass is 9.95. The first-order valence-corrected chi connectivity index (χ1v) is 24.4. The van der Waals surface area contributed by atoms with Crippen molar-refractivity contribution in [2.75, 3.05) is 52.0 Å². The molecule has 0 aromatic heterocycles. The van der Waals surface area contributed by atoms with Gasteiger partial charge in [0.25, 0.3) is 0 Å². The highest BCUT2D eigenvalue weighted by atomic mass is 32.1. The Morgan fingerprint density at radius 3 is 0.932 bits per heavy atom. The Bertz CT molecular complexity index is 1620. The van der Waals surface area contributed by atoms with Gasteiger partial charge in [0.1, 0.15) is 146 Å². The predicted octanol–water partition coefficient (Wildman–Crippen LogP) is -12.0. The van der Waals surface area contributed by atoms with E-state index >= 15 is 0 Å². The van der Waals surface area contributed by atoms with Crippen molar-refractivity contribution in [3.05, 3.63) is 0 Å². The number of ether oxygens (including phenoxy) is 12. The van der Waals surface area contributed by atoms with Gasteiger partial charge < -0.3 is 154 Å². The normalized spacial score (nSPS) is 50.0. The van der Waals surface area contributed by atoms with E-state index in [2.05, 4.69) is 12.6 Å². The summed E-state index contributed by atoms with van der Waals surface area (Å²) in [5.74, 6) is 0.588. The fourth-order valence-electron chi connectivity index (χ4n) is 9.14. The van der Waals surface area contributed by atoms with Gasteiger partial charge in [-0.25, -0.2) is 0 Å². The number of hydrogen-bond acceptors (Lipinski definition) is 32. The second kappa shape index (κ2) is 27.8. The summed E-state index contributed by atoms with van der Waals surface area (Å²) in [6, 6.07) is 0. The highest BCUT2D eigenvalue weighted by Gasteiger charge is 2.58. The highest BCUT2D eigenvalue weighted by Crippen LogP contribution is 2.38. The van der Waals surface area contributed by atoms with E-state index in [1.165, 1.54) is 0 Å². The number of thiol groups is 1. The average molecular weight is 1090 g/mol. The largest absolute Gasteiger partial charge is 0.394 e. The number of aliphatic hydroxyl groups excluding tert-OH is 19. The quantitative estimate of drug-likeness (QED) is 0.0354. The Hall–Kier alpha value is -0.890. The third-order valence-electron chi connectivity index (χ3n) is 13.5. The number of aliphatic hydroxyl groups is 19. The lowest BCUT2D eigenvalue weighted by Gasteiger charge is -2.50. The molecule has 6 aliphatic heterocycles. The molecule has 0 bridgehead atoms. The SMILES string of the molecule is OCC1O[C@@H](OC2[C@@H](OC3[C@@H](O[C@@H]4C(O)[C@H](OC5[C@@H](OC6[C@@H](OCCCCCS)OC(CO)[C@@H](O)[C@@H]6O)OC(CO)[C@@H](O)[C@@H]5O)OC(CO)[C@H]4O)OC(CO)[C@@H](O)[C@@H]3O)OC(CO)[C@@H](O)[C@@H]2O)C(O)[C@@H](O)[C@@H]1O. The molecule has 6 aliphatic rings. The Morgan fingerprint density at radius 1 is 0.274 bits per heavy atom. The van der Waals surface area contributed by atoms with Gasteiger partial charge in [0.05, 0.1) is 39.6 Å². The van der Waals surface area contributed by atoms with Gasteiger partial charge in [-0.1, -0.05) is 6.42 Å². The first kappa shape index (κ1) is 61.3. The van der Waals surface area contributed by atoms with E-state index in [-0.39, 0.29) is 6.61 Å². The van der Waals surface area contributed by atoms with Crippen molar-refractivity contribution in [1.82, 2.24) is 0 Å². The molecular weight excluding hydrogens is 1020 g/mol. The van der Waals surface area contributed by atoms with Crippen molar-refractivity contribution in [3.8, 4) is 0 Å². The third-order valence-corrected chi connectivity index (χ3v) is 13.8. The molecule has 73 heavy (non-hydrogen) atoms. The minimum atomic E-state index is -2.30. The summed E-state index contributed by atoms with van der Waals surface area (Å²) in [4.78, 5) is 0. The summed E-state index contributed by atoms with van der Waals surface area (Å²) in [6.07, 6.45) is -56.4. The Balaban J connectivity index is 1.27. The topological polar surface area (TPSA) is 495 Å². The monoisotopic (exact) mass is 1090 g/mol. The molecule has 32 heteroatoms. The number of hydrogen-bond donors (Lipinski definition) is 20. The van der Waals surface area contributed by atoms with Crippen LogP contribution in [0.15, 0.2) is 0 Å². The summed E-state index contributed by atoms with van der Waals surface area (Å²) in [7, 11) is 0. The van der Waals surface area contributed by atoms with Crippen LogP contribution in [0.1, 0.15) is 19.3 Å². The molecule has 0 saturated carbocycles. The second-order valence-corrected chi connectivity index (χ2v) is 18.8. The second-order valence-electron chi connectivity index (χ2n) is 18.4. The van der Waals surface area contributed by atoms with E-state index in [0.717, 1.165) is 6.42 Å². The van der Waals surface area contributed by atoms with Gasteiger partial charge in [0.2, 0.25) is 0 Å². The number of unbranched alkanes of at least 4 members (excludes halogenated alkanes) is 2. The van der Waals surface area contributed by atoms with Crippen molar-refractivity contribution in [3.63, 3.8) is 0 Å². The van der Waals surface area contributed by atoms with E-state index in [1.807, 2.05) is 0 Å². The van der Waals surface area contributed by atoms with E-state index < -0.39 is 224 Å². The van der Waals surface area contributed by atoms with E-state index in [1.54, 1.807) is 0 Å².